The summed E-state index contributed by atoms with van der Waals surface area (Å²) in [5, 5.41) is 15.3. The summed E-state index contributed by atoms with van der Waals surface area (Å²) in [5.41, 5.74) is 1.37. The number of aliphatic hydroxyl groups excluding tert-OH is 1. The number of hydrogen-bond acceptors (Lipinski definition) is 5. The average Bonchev–Trinajstić information content (AvgIpc) is 3.34. The second kappa shape index (κ2) is 9.16. The van der Waals surface area contributed by atoms with Crippen LogP contribution in [0.4, 0.5) is 5.69 Å². The maximum Gasteiger partial charge on any atom is 0.248 e. The summed E-state index contributed by atoms with van der Waals surface area (Å²) in [6, 6.07) is 4.68. The number of thioether (sulfide) groups is 1. The summed E-state index contributed by atoms with van der Waals surface area (Å²) >= 11 is 11.7. The monoisotopic (exact) mass is 543 g/mol. The fourth-order valence-electron chi connectivity index (χ4n) is 5.51. The van der Waals surface area contributed by atoms with Gasteiger partial charge in [0.25, 0.3) is 0 Å². The second-order valence-corrected chi connectivity index (χ2v) is 11.8. The van der Waals surface area contributed by atoms with Crippen molar-refractivity contribution in [2.45, 2.75) is 47.1 Å². The summed E-state index contributed by atoms with van der Waals surface area (Å²) in [6.07, 6.45) is 1.74. The predicted octanol–water partition coefficient (Wildman–Crippen LogP) is 2.57. The molecule has 0 aliphatic carbocycles. The molecule has 32 heavy (non-hydrogen) atoms. The number of alkyl halides is 1. The summed E-state index contributed by atoms with van der Waals surface area (Å²) in [7, 11) is 1.58. The molecule has 3 aliphatic heterocycles. The number of nitrogens with zero attached hydrogens (tertiary/aromatic N) is 1. The topological polar surface area (TPSA) is 98.7 Å². The number of para-hydroxylation sites is 1. The first-order valence-electron chi connectivity index (χ1n) is 10.8. The van der Waals surface area contributed by atoms with E-state index in [1.807, 2.05) is 19.1 Å². The van der Waals surface area contributed by atoms with Crippen molar-refractivity contribution in [1.82, 2.24) is 10.2 Å². The van der Waals surface area contributed by atoms with Gasteiger partial charge in [0, 0.05) is 30.3 Å². The van der Waals surface area contributed by atoms with Crippen LogP contribution >= 0.6 is 39.3 Å². The number of benzene rings is 1. The summed E-state index contributed by atoms with van der Waals surface area (Å²) < 4.78 is -0.689. The number of carbonyl (C=O) groups is 3. The van der Waals surface area contributed by atoms with Crippen molar-refractivity contribution in [3.05, 3.63) is 28.8 Å². The van der Waals surface area contributed by atoms with Gasteiger partial charge in [0.15, 0.2) is 0 Å². The Hall–Kier alpha value is -1.29. The third kappa shape index (κ3) is 3.65. The number of hydrogen-bond donors (Lipinski definition) is 3. The lowest BCUT2D eigenvalue weighted by molar-refractivity contribution is -0.139. The highest BCUT2D eigenvalue weighted by molar-refractivity contribution is 9.09. The number of anilines is 1. The summed E-state index contributed by atoms with van der Waals surface area (Å²) in [6.45, 7) is 2.25. The van der Waals surface area contributed by atoms with E-state index in [9.17, 15) is 19.5 Å². The SMILES string of the molecule is CNC(=O)[C@H]1[C@@H]2SC3(CC2Br)C(C(=O)Nc2c(C)cccc2Cl)N(CCCCO)C(=O)[C@H]13. The molecule has 4 rings (SSSR count). The van der Waals surface area contributed by atoms with E-state index >= 15 is 0 Å². The van der Waals surface area contributed by atoms with Crippen LogP contribution in [0.25, 0.3) is 0 Å². The summed E-state index contributed by atoms with van der Waals surface area (Å²) in [4.78, 5) is 41.9. The van der Waals surface area contributed by atoms with Crippen LogP contribution in [-0.4, -0.2) is 68.8 Å². The van der Waals surface area contributed by atoms with E-state index in [0.717, 1.165) is 5.56 Å². The lowest BCUT2D eigenvalue weighted by Gasteiger charge is -2.35. The Morgan fingerprint density at radius 1 is 1.34 bits per heavy atom. The maximum atomic E-state index is 13.7. The van der Waals surface area contributed by atoms with Gasteiger partial charge in [0.2, 0.25) is 17.7 Å². The van der Waals surface area contributed by atoms with Crippen LogP contribution in [0.15, 0.2) is 18.2 Å². The zero-order valence-corrected chi connectivity index (χ0v) is 21.1. The van der Waals surface area contributed by atoms with E-state index in [2.05, 4.69) is 26.6 Å². The van der Waals surface area contributed by atoms with Gasteiger partial charge in [-0.1, -0.05) is 39.7 Å². The molecular formula is C22H27BrClN3O4S. The Morgan fingerprint density at radius 2 is 2.09 bits per heavy atom. The molecule has 1 spiro atoms. The Kier molecular flexibility index (Phi) is 6.83. The van der Waals surface area contributed by atoms with Crippen LogP contribution in [0.3, 0.4) is 0 Å². The molecule has 0 radical (unpaired) electrons. The van der Waals surface area contributed by atoms with Crippen molar-refractivity contribution in [3.8, 4) is 0 Å². The number of likely N-dealkylation sites (tertiary alicyclic amines) is 1. The minimum absolute atomic E-state index is 0.0213. The standard InChI is InChI=1S/C22H27BrClN3O4S/c1-11-6-5-7-13(24)16(11)26-20(30)18-22-10-12(23)17(32-22)14(19(29)25-2)15(22)21(31)27(18)8-3-4-9-28/h5-7,12,14-15,17-18,28H,3-4,8-10H2,1-2H3,(H,25,29)(H,26,30)/t12?,14-,15+,17-,18?,22?/m1/s1. The fraction of sp³-hybridized carbons (Fsp3) is 0.591. The predicted molar refractivity (Wildman–Crippen MR) is 129 cm³/mol. The first-order chi connectivity index (χ1) is 15.3. The molecular weight excluding hydrogens is 518 g/mol. The number of aryl methyl sites for hydroxylation is 1. The Labute approximate surface area is 205 Å². The van der Waals surface area contributed by atoms with Gasteiger partial charge in [0.05, 0.1) is 27.3 Å². The van der Waals surface area contributed by atoms with Gasteiger partial charge < -0.3 is 20.6 Å². The van der Waals surface area contributed by atoms with Crippen LogP contribution in [0.5, 0.6) is 0 Å². The minimum atomic E-state index is -0.723. The molecule has 3 aliphatic rings. The van der Waals surface area contributed by atoms with Gasteiger partial charge in [-0.25, -0.2) is 0 Å². The molecule has 3 unspecified atom stereocenters. The molecule has 174 valence electrons. The van der Waals surface area contributed by atoms with Crippen molar-refractivity contribution in [1.29, 1.82) is 0 Å². The van der Waals surface area contributed by atoms with E-state index in [0.29, 0.717) is 36.5 Å². The van der Waals surface area contributed by atoms with Crippen LogP contribution in [-0.2, 0) is 14.4 Å². The van der Waals surface area contributed by atoms with Gasteiger partial charge in [-0.2, -0.15) is 0 Å². The largest absolute Gasteiger partial charge is 0.396 e. The Bertz CT molecular complexity index is 930. The maximum absolute atomic E-state index is 13.7. The molecule has 10 heteroatoms. The fourth-order valence-corrected chi connectivity index (χ4v) is 9.40. The third-order valence-corrected chi connectivity index (χ3v) is 10.4. The number of halogens is 2. The molecule has 1 aromatic rings. The van der Waals surface area contributed by atoms with E-state index in [4.69, 9.17) is 11.6 Å². The number of carbonyl (C=O) groups excluding carboxylic acids is 3. The molecule has 3 fully saturated rings. The number of amides is 3. The minimum Gasteiger partial charge on any atom is -0.396 e. The van der Waals surface area contributed by atoms with Crippen molar-refractivity contribution in [2.75, 3.05) is 25.5 Å². The molecule has 0 aromatic heterocycles. The lowest BCUT2D eigenvalue weighted by Crippen LogP contribution is -2.53. The molecule has 0 saturated carbocycles. The quantitative estimate of drug-likeness (QED) is 0.362. The molecule has 7 nitrogen and oxygen atoms in total. The van der Waals surface area contributed by atoms with Crippen molar-refractivity contribution in [3.63, 3.8) is 0 Å². The number of rotatable bonds is 7. The summed E-state index contributed by atoms with van der Waals surface area (Å²) in [5.74, 6) is -1.64. The van der Waals surface area contributed by atoms with E-state index < -0.39 is 22.6 Å². The molecule has 3 saturated heterocycles. The third-order valence-electron chi connectivity index (χ3n) is 6.86. The second-order valence-electron chi connectivity index (χ2n) is 8.66. The number of fused-ring (bicyclic) bond motifs is 1. The molecule has 6 atom stereocenters. The van der Waals surface area contributed by atoms with Crippen LogP contribution in [0, 0.1) is 18.8 Å². The van der Waals surface area contributed by atoms with Crippen molar-refractivity contribution in [2.24, 2.45) is 11.8 Å². The highest BCUT2D eigenvalue weighted by Crippen LogP contribution is 2.67. The zero-order valence-electron chi connectivity index (χ0n) is 17.9. The molecule has 1 aromatic carbocycles. The van der Waals surface area contributed by atoms with Gasteiger partial charge in [-0.3, -0.25) is 14.4 Å². The molecule has 3 N–H and O–H groups in total. The first kappa shape index (κ1) is 23.9. The van der Waals surface area contributed by atoms with Gasteiger partial charge >= 0.3 is 0 Å². The van der Waals surface area contributed by atoms with E-state index in [-0.39, 0.29) is 34.4 Å². The van der Waals surface area contributed by atoms with Crippen LogP contribution in [0.2, 0.25) is 5.02 Å². The lowest BCUT2D eigenvalue weighted by atomic mass is 9.70. The first-order valence-corrected chi connectivity index (χ1v) is 12.9. The number of aliphatic hydroxyl groups is 1. The van der Waals surface area contributed by atoms with Gasteiger partial charge in [-0.05, 0) is 37.8 Å². The smallest absolute Gasteiger partial charge is 0.248 e. The Balaban J connectivity index is 1.73. The highest BCUT2D eigenvalue weighted by Gasteiger charge is 2.75. The van der Waals surface area contributed by atoms with E-state index in [1.54, 1.807) is 29.8 Å². The molecule has 3 heterocycles. The molecule has 2 bridgehead atoms. The average molecular weight is 545 g/mol. The molecule has 3 amide bonds. The number of nitrogens with one attached hydrogen (secondary N) is 2. The van der Waals surface area contributed by atoms with Crippen molar-refractivity contribution < 1.29 is 19.5 Å². The van der Waals surface area contributed by atoms with Gasteiger partial charge in [-0.15, -0.1) is 11.8 Å². The Morgan fingerprint density at radius 3 is 2.75 bits per heavy atom. The van der Waals surface area contributed by atoms with E-state index in [1.165, 1.54) is 0 Å². The zero-order chi connectivity index (χ0) is 23.2. The van der Waals surface area contributed by atoms with Crippen LogP contribution in [0.1, 0.15) is 24.8 Å². The van der Waals surface area contributed by atoms with Crippen LogP contribution < -0.4 is 10.6 Å². The number of unbranched alkanes of at least 4 members (excludes halogenated alkanes) is 1. The highest BCUT2D eigenvalue weighted by atomic mass is 79.9. The van der Waals surface area contributed by atoms with Crippen molar-refractivity contribution >= 4 is 62.7 Å². The normalized spacial score (nSPS) is 32.8. The van der Waals surface area contributed by atoms with Gasteiger partial charge in [0.1, 0.15) is 6.04 Å².